The number of rotatable bonds is 8. The molecule has 1 aliphatic rings. The van der Waals surface area contributed by atoms with E-state index in [-0.39, 0.29) is 25.7 Å². The molecule has 0 N–H and O–H groups in total. The minimum atomic E-state index is -0.501. The molecular formula is C23H25NO4. The van der Waals surface area contributed by atoms with Crippen LogP contribution in [0.3, 0.4) is 0 Å². The highest BCUT2D eigenvalue weighted by molar-refractivity contribution is 5.80. The molecule has 146 valence electrons. The highest BCUT2D eigenvalue weighted by Crippen LogP contribution is 2.44. The zero-order valence-electron chi connectivity index (χ0n) is 16.1. The van der Waals surface area contributed by atoms with Gasteiger partial charge in [-0.2, -0.15) is 0 Å². The van der Waals surface area contributed by atoms with Crippen LogP contribution in [0.15, 0.2) is 61.2 Å². The van der Waals surface area contributed by atoms with Gasteiger partial charge in [0, 0.05) is 12.5 Å². The Kier molecular flexibility index (Phi) is 6.48. The molecule has 1 amide bonds. The molecule has 0 saturated heterocycles. The number of amides is 1. The van der Waals surface area contributed by atoms with E-state index in [0.717, 1.165) is 17.5 Å². The Morgan fingerprint density at radius 2 is 1.64 bits per heavy atom. The van der Waals surface area contributed by atoms with Crippen LogP contribution in [0.4, 0.5) is 4.79 Å². The summed E-state index contributed by atoms with van der Waals surface area (Å²) in [5.74, 6) is -0.477. The minimum Gasteiger partial charge on any atom is -0.460 e. The first-order valence-corrected chi connectivity index (χ1v) is 9.52. The van der Waals surface area contributed by atoms with Crippen LogP contribution in [0.1, 0.15) is 30.4 Å². The Morgan fingerprint density at radius 3 is 2.21 bits per heavy atom. The van der Waals surface area contributed by atoms with Crippen LogP contribution in [0, 0.1) is 0 Å². The third kappa shape index (κ3) is 4.25. The van der Waals surface area contributed by atoms with E-state index in [9.17, 15) is 9.59 Å². The lowest BCUT2D eigenvalue weighted by Crippen LogP contribution is -2.38. The van der Waals surface area contributed by atoms with Gasteiger partial charge in [-0.05, 0) is 28.7 Å². The van der Waals surface area contributed by atoms with Gasteiger partial charge in [0.15, 0.2) is 0 Å². The average Bonchev–Trinajstić information content (AvgIpc) is 3.04. The SMILES string of the molecule is C=CCOC(=O)CN(CCC)C(=O)OCC1c2ccccc2-c2ccccc21. The van der Waals surface area contributed by atoms with Crippen molar-refractivity contribution in [2.45, 2.75) is 19.3 Å². The van der Waals surface area contributed by atoms with E-state index in [4.69, 9.17) is 9.47 Å². The van der Waals surface area contributed by atoms with Crippen molar-refractivity contribution in [3.63, 3.8) is 0 Å². The minimum absolute atomic E-state index is 0.00690. The fourth-order valence-electron chi connectivity index (χ4n) is 3.54. The molecule has 3 rings (SSSR count). The van der Waals surface area contributed by atoms with Crippen molar-refractivity contribution in [3.05, 3.63) is 72.3 Å². The van der Waals surface area contributed by atoms with Gasteiger partial charge in [-0.15, -0.1) is 0 Å². The van der Waals surface area contributed by atoms with Gasteiger partial charge in [0.05, 0.1) is 0 Å². The maximum Gasteiger partial charge on any atom is 0.410 e. The molecule has 28 heavy (non-hydrogen) atoms. The van der Waals surface area contributed by atoms with E-state index in [1.54, 1.807) is 0 Å². The van der Waals surface area contributed by atoms with E-state index < -0.39 is 12.1 Å². The topological polar surface area (TPSA) is 55.8 Å². The quantitative estimate of drug-likeness (QED) is 0.505. The molecule has 2 aromatic carbocycles. The molecule has 0 aliphatic heterocycles. The molecule has 1 aliphatic carbocycles. The highest BCUT2D eigenvalue weighted by Gasteiger charge is 2.30. The molecule has 0 heterocycles. The number of ether oxygens (including phenoxy) is 2. The summed E-state index contributed by atoms with van der Waals surface area (Å²) < 4.78 is 10.6. The fraction of sp³-hybridized carbons (Fsp3) is 0.304. The van der Waals surface area contributed by atoms with E-state index in [0.29, 0.717) is 6.54 Å². The summed E-state index contributed by atoms with van der Waals surface area (Å²) in [4.78, 5) is 25.8. The number of fused-ring (bicyclic) bond motifs is 3. The standard InChI is InChI=1S/C23H25NO4/c1-3-13-24(15-22(25)27-14-4-2)23(26)28-16-21-19-11-7-5-9-17(19)18-10-6-8-12-20(18)21/h4-12,21H,2-3,13-16H2,1H3. The number of nitrogens with zero attached hydrogens (tertiary/aromatic N) is 1. The van der Waals surface area contributed by atoms with Gasteiger partial charge in [-0.1, -0.05) is 68.1 Å². The van der Waals surface area contributed by atoms with Gasteiger partial charge >= 0.3 is 12.1 Å². The number of carbonyl (C=O) groups excluding carboxylic acids is 2. The Morgan fingerprint density at radius 1 is 1.04 bits per heavy atom. The summed E-state index contributed by atoms with van der Waals surface area (Å²) in [6.07, 6.45) is 1.72. The molecular weight excluding hydrogens is 354 g/mol. The van der Waals surface area contributed by atoms with Gasteiger partial charge in [0.1, 0.15) is 19.8 Å². The van der Waals surface area contributed by atoms with Crippen LogP contribution in [0.2, 0.25) is 0 Å². The van der Waals surface area contributed by atoms with Crippen molar-refractivity contribution in [2.24, 2.45) is 0 Å². The summed E-state index contributed by atoms with van der Waals surface area (Å²) in [5.41, 5.74) is 4.67. The zero-order valence-corrected chi connectivity index (χ0v) is 16.1. The van der Waals surface area contributed by atoms with Crippen molar-refractivity contribution >= 4 is 12.1 Å². The third-order valence-corrected chi connectivity index (χ3v) is 4.77. The highest BCUT2D eigenvalue weighted by atomic mass is 16.6. The van der Waals surface area contributed by atoms with E-state index in [2.05, 4.69) is 30.8 Å². The Balaban J connectivity index is 1.69. The van der Waals surface area contributed by atoms with Crippen LogP contribution in [0.25, 0.3) is 11.1 Å². The maximum atomic E-state index is 12.6. The molecule has 0 aromatic heterocycles. The first kappa shape index (κ1) is 19.7. The van der Waals surface area contributed by atoms with Gasteiger partial charge in [0.2, 0.25) is 0 Å². The number of hydrogen-bond acceptors (Lipinski definition) is 4. The summed E-state index contributed by atoms with van der Waals surface area (Å²) >= 11 is 0. The monoisotopic (exact) mass is 379 g/mol. The maximum absolute atomic E-state index is 12.6. The van der Waals surface area contributed by atoms with Crippen LogP contribution < -0.4 is 0 Å². The summed E-state index contributed by atoms with van der Waals surface area (Å²) in [5, 5.41) is 0. The average molecular weight is 379 g/mol. The van der Waals surface area contributed by atoms with Gasteiger partial charge < -0.3 is 9.47 Å². The Labute approximate surface area is 165 Å². The molecule has 0 bridgehead atoms. The molecule has 5 heteroatoms. The van der Waals surface area contributed by atoms with E-state index in [1.165, 1.54) is 22.1 Å². The number of carbonyl (C=O) groups is 2. The second-order valence-corrected chi connectivity index (χ2v) is 6.70. The number of esters is 1. The summed E-state index contributed by atoms with van der Waals surface area (Å²) in [7, 11) is 0. The first-order valence-electron chi connectivity index (χ1n) is 9.52. The Hall–Kier alpha value is -3.08. The van der Waals surface area contributed by atoms with Gasteiger partial charge in [0.25, 0.3) is 0 Å². The summed E-state index contributed by atoms with van der Waals surface area (Å²) in [6, 6.07) is 16.4. The van der Waals surface area contributed by atoms with Crippen LogP contribution in [-0.2, 0) is 14.3 Å². The van der Waals surface area contributed by atoms with Crippen molar-refractivity contribution in [2.75, 3.05) is 26.3 Å². The van der Waals surface area contributed by atoms with Crippen molar-refractivity contribution in [1.82, 2.24) is 4.90 Å². The lowest BCUT2D eigenvalue weighted by molar-refractivity contribution is -0.143. The molecule has 0 atom stereocenters. The van der Waals surface area contributed by atoms with Crippen LogP contribution >= 0.6 is 0 Å². The molecule has 0 saturated carbocycles. The largest absolute Gasteiger partial charge is 0.460 e. The molecule has 0 spiro atoms. The molecule has 0 radical (unpaired) electrons. The normalized spacial score (nSPS) is 12.0. The molecule has 0 fully saturated rings. The second-order valence-electron chi connectivity index (χ2n) is 6.70. The van der Waals surface area contributed by atoms with Crippen LogP contribution in [-0.4, -0.2) is 43.3 Å². The van der Waals surface area contributed by atoms with E-state index >= 15 is 0 Å². The number of benzene rings is 2. The second kappa shape index (κ2) is 9.22. The third-order valence-electron chi connectivity index (χ3n) is 4.77. The van der Waals surface area contributed by atoms with Crippen molar-refractivity contribution in [1.29, 1.82) is 0 Å². The lowest BCUT2D eigenvalue weighted by Gasteiger charge is -2.22. The van der Waals surface area contributed by atoms with Gasteiger partial charge in [-0.25, -0.2) is 4.79 Å². The smallest absolute Gasteiger partial charge is 0.410 e. The molecule has 0 unspecified atom stereocenters. The predicted molar refractivity (Wildman–Crippen MR) is 108 cm³/mol. The predicted octanol–water partition coefficient (Wildman–Crippen LogP) is 4.38. The summed E-state index contributed by atoms with van der Waals surface area (Å²) in [6.45, 7) is 6.12. The number of hydrogen-bond donors (Lipinski definition) is 0. The van der Waals surface area contributed by atoms with Crippen molar-refractivity contribution in [3.8, 4) is 11.1 Å². The Bertz CT molecular complexity index is 816. The van der Waals surface area contributed by atoms with E-state index in [1.807, 2.05) is 31.2 Å². The van der Waals surface area contributed by atoms with Crippen LogP contribution in [0.5, 0.6) is 0 Å². The molecule has 5 nitrogen and oxygen atoms in total. The first-order chi connectivity index (χ1) is 13.7. The molecule has 2 aromatic rings. The van der Waals surface area contributed by atoms with Crippen molar-refractivity contribution < 1.29 is 19.1 Å². The lowest BCUT2D eigenvalue weighted by atomic mass is 9.98. The fourth-order valence-corrected chi connectivity index (χ4v) is 3.54. The van der Waals surface area contributed by atoms with Gasteiger partial charge in [-0.3, -0.25) is 9.69 Å². The zero-order chi connectivity index (χ0) is 19.9.